The van der Waals surface area contributed by atoms with Gasteiger partial charge in [0.25, 0.3) is 0 Å². The van der Waals surface area contributed by atoms with E-state index < -0.39 is 0 Å². The summed E-state index contributed by atoms with van der Waals surface area (Å²) < 4.78 is 6.09. The van der Waals surface area contributed by atoms with Crippen LogP contribution in [0.15, 0.2) is 41.2 Å². The second-order valence-corrected chi connectivity index (χ2v) is 4.70. The van der Waals surface area contributed by atoms with Gasteiger partial charge < -0.3 is 4.74 Å². The highest BCUT2D eigenvalue weighted by Crippen LogP contribution is 2.38. The summed E-state index contributed by atoms with van der Waals surface area (Å²) in [4.78, 5) is 0. The van der Waals surface area contributed by atoms with E-state index in [0.29, 0.717) is 0 Å². The first-order valence-corrected chi connectivity index (χ1v) is 5.91. The molecule has 16 heavy (non-hydrogen) atoms. The number of aryl methyl sites for hydroxylation is 1. The van der Waals surface area contributed by atoms with Crippen molar-refractivity contribution in [1.82, 2.24) is 0 Å². The number of allylic oxidation sites excluding steroid dienone is 3. The number of fused-ring (bicyclic) bond motifs is 1. The van der Waals surface area contributed by atoms with E-state index in [9.17, 15) is 0 Å². The van der Waals surface area contributed by atoms with E-state index in [2.05, 4.69) is 38.1 Å². The normalized spacial score (nSPS) is 18.5. The van der Waals surface area contributed by atoms with Crippen molar-refractivity contribution >= 4 is 0 Å². The molecule has 0 unspecified atom stereocenters. The van der Waals surface area contributed by atoms with Gasteiger partial charge in [-0.15, -0.1) is 0 Å². The predicted octanol–water partition coefficient (Wildman–Crippen LogP) is 3.92. The van der Waals surface area contributed by atoms with Gasteiger partial charge in [0.15, 0.2) is 0 Å². The Morgan fingerprint density at radius 2 is 2.06 bits per heavy atom. The first kappa shape index (κ1) is 9.71. The van der Waals surface area contributed by atoms with Gasteiger partial charge >= 0.3 is 0 Å². The van der Waals surface area contributed by atoms with Gasteiger partial charge in [0.1, 0.15) is 11.5 Å². The minimum atomic E-state index is 1.07. The lowest BCUT2D eigenvalue weighted by molar-refractivity contribution is 0.401. The van der Waals surface area contributed by atoms with E-state index in [-0.39, 0.29) is 0 Å². The third kappa shape index (κ3) is 1.39. The number of benzene rings is 1. The molecule has 1 nitrogen and oxygen atoms in total. The summed E-state index contributed by atoms with van der Waals surface area (Å²) in [6.45, 7) is 4.27. The Kier molecular flexibility index (Phi) is 2.13. The second kappa shape index (κ2) is 3.51. The Bertz CT molecular complexity index is 506. The van der Waals surface area contributed by atoms with E-state index in [1.807, 2.05) is 0 Å². The quantitative estimate of drug-likeness (QED) is 0.633. The summed E-state index contributed by atoms with van der Waals surface area (Å²) in [6.07, 6.45) is 5.66. The van der Waals surface area contributed by atoms with Gasteiger partial charge in [0.05, 0.1) is 0 Å². The SMILES string of the molecule is CC1=CCCC2=C1Oc1c(C)cccc1C2. The molecule has 0 amide bonds. The van der Waals surface area contributed by atoms with Crippen LogP contribution >= 0.6 is 0 Å². The summed E-state index contributed by atoms with van der Waals surface area (Å²) in [5.41, 5.74) is 5.35. The first-order valence-electron chi connectivity index (χ1n) is 5.91. The maximum atomic E-state index is 6.09. The third-order valence-corrected chi connectivity index (χ3v) is 3.48. The Balaban J connectivity index is 2.08. The van der Waals surface area contributed by atoms with E-state index in [1.54, 1.807) is 0 Å². The zero-order valence-corrected chi connectivity index (χ0v) is 9.84. The van der Waals surface area contributed by atoms with Crippen LogP contribution < -0.4 is 4.74 Å². The van der Waals surface area contributed by atoms with Gasteiger partial charge in [-0.05, 0) is 49.0 Å². The fraction of sp³-hybridized carbons (Fsp3) is 0.333. The topological polar surface area (TPSA) is 9.23 Å². The molecular weight excluding hydrogens is 196 g/mol. The maximum absolute atomic E-state index is 6.09. The molecule has 1 heterocycles. The van der Waals surface area contributed by atoms with Gasteiger partial charge in [-0.2, -0.15) is 0 Å². The number of hydrogen-bond acceptors (Lipinski definition) is 1. The molecule has 1 aromatic rings. The molecule has 1 aliphatic carbocycles. The molecule has 0 spiro atoms. The van der Waals surface area contributed by atoms with Crippen LogP contribution in [0.1, 0.15) is 30.9 Å². The van der Waals surface area contributed by atoms with Crippen LogP contribution in [-0.4, -0.2) is 0 Å². The highest BCUT2D eigenvalue weighted by atomic mass is 16.5. The van der Waals surface area contributed by atoms with Crippen molar-refractivity contribution < 1.29 is 4.74 Å². The lowest BCUT2D eigenvalue weighted by Crippen LogP contribution is -2.14. The molecule has 0 atom stereocenters. The summed E-state index contributed by atoms with van der Waals surface area (Å²) in [5, 5.41) is 0. The average molecular weight is 212 g/mol. The van der Waals surface area contributed by atoms with Crippen molar-refractivity contribution in [3.05, 3.63) is 52.3 Å². The molecular formula is C15H16O. The van der Waals surface area contributed by atoms with Crippen molar-refractivity contribution in [3.63, 3.8) is 0 Å². The van der Waals surface area contributed by atoms with Gasteiger partial charge in [-0.25, -0.2) is 0 Å². The molecule has 0 bridgehead atoms. The van der Waals surface area contributed by atoms with E-state index in [4.69, 9.17) is 4.74 Å². The van der Waals surface area contributed by atoms with Crippen LogP contribution in [0.3, 0.4) is 0 Å². The third-order valence-electron chi connectivity index (χ3n) is 3.48. The largest absolute Gasteiger partial charge is 0.457 e. The number of para-hydroxylation sites is 1. The molecule has 2 aliphatic rings. The lowest BCUT2D eigenvalue weighted by atomic mass is 9.90. The molecule has 1 aliphatic heterocycles. The van der Waals surface area contributed by atoms with Crippen LogP contribution in [0, 0.1) is 6.92 Å². The highest BCUT2D eigenvalue weighted by molar-refractivity contribution is 5.50. The fourth-order valence-corrected chi connectivity index (χ4v) is 2.60. The molecule has 0 saturated carbocycles. The molecule has 0 fully saturated rings. The first-order chi connectivity index (χ1) is 7.75. The molecule has 0 saturated heterocycles. The summed E-state index contributed by atoms with van der Waals surface area (Å²) in [5.74, 6) is 2.21. The Labute approximate surface area is 96.4 Å². The van der Waals surface area contributed by atoms with Gasteiger partial charge in [0, 0.05) is 6.42 Å². The molecule has 3 rings (SSSR count). The Morgan fingerprint density at radius 3 is 2.94 bits per heavy atom. The number of hydrogen-bond donors (Lipinski definition) is 0. The van der Waals surface area contributed by atoms with Crippen LogP contribution in [-0.2, 0) is 6.42 Å². The zero-order chi connectivity index (χ0) is 11.1. The molecule has 82 valence electrons. The van der Waals surface area contributed by atoms with E-state index >= 15 is 0 Å². The highest BCUT2D eigenvalue weighted by Gasteiger charge is 2.23. The molecule has 0 radical (unpaired) electrons. The smallest absolute Gasteiger partial charge is 0.133 e. The Hall–Kier alpha value is -1.50. The number of rotatable bonds is 0. The lowest BCUT2D eigenvalue weighted by Gasteiger charge is -2.27. The standard InChI is InChI=1S/C15H16O/c1-10-5-3-7-12-9-13-8-4-6-11(2)15(13)16-14(10)12/h3,5-7H,4,8-9H2,1-2H3. The van der Waals surface area contributed by atoms with Crippen molar-refractivity contribution in [3.8, 4) is 5.75 Å². The van der Waals surface area contributed by atoms with Crippen LogP contribution in [0.2, 0.25) is 0 Å². The predicted molar refractivity (Wildman–Crippen MR) is 65.5 cm³/mol. The summed E-state index contributed by atoms with van der Waals surface area (Å²) >= 11 is 0. The van der Waals surface area contributed by atoms with Crippen molar-refractivity contribution in [2.75, 3.05) is 0 Å². The molecule has 1 heteroatoms. The Morgan fingerprint density at radius 1 is 1.19 bits per heavy atom. The second-order valence-electron chi connectivity index (χ2n) is 4.70. The minimum Gasteiger partial charge on any atom is -0.457 e. The maximum Gasteiger partial charge on any atom is 0.133 e. The van der Waals surface area contributed by atoms with Gasteiger partial charge in [-0.3, -0.25) is 0 Å². The van der Waals surface area contributed by atoms with Crippen LogP contribution in [0.5, 0.6) is 5.75 Å². The molecule has 0 N–H and O–H groups in total. The summed E-state index contributed by atoms with van der Waals surface area (Å²) in [6, 6.07) is 6.42. The molecule has 0 aromatic heterocycles. The van der Waals surface area contributed by atoms with E-state index in [0.717, 1.165) is 30.8 Å². The van der Waals surface area contributed by atoms with Crippen LogP contribution in [0.4, 0.5) is 0 Å². The summed E-state index contributed by atoms with van der Waals surface area (Å²) in [7, 11) is 0. The van der Waals surface area contributed by atoms with Crippen molar-refractivity contribution in [2.24, 2.45) is 0 Å². The fourth-order valence-electron chi connectivity index (χ4n) is 2.60. The zero-order valence-electron chi connectivity index (χ0n) is 9.84. The monoisotopic (exact) mass is 212 g/mol. The van der Waals surface area contributed by atoms with Gasteiger partial charge in [-0.1, -0.05) is 24.3 Å². The van der Waals surface area contributed by atoms with E-state index in [1.165, 1.54) is 22.3 Å². The van der Waals surface area contributed by atoms with Crippen molar-refractivity contribution in [2.45, 2.75) is 33.1 Å². The molecule has 1 aromatic carbocycles. The minimum absolute atomic E-state index is 1.07. The van der Waals surface area contributed by atoms with Gasteiger partial charge in [0.2, 0.25) is 0 Å². The van der Waals surface area contributed by atoms with Crippen molar-refractivity contribution in [1.29, 1.82) is 0 Å². The number of ether oxygens (including phenoxy) is 1. The average Bonchev–Trinajstić information content (AvgIpc) is 2.28. The van der Waals surface area contributed by atoms with Crippen LogP contribution in [0.25, 0.3) is 0 Å².